The first-order valence-corrected chi connectivity index (χ1v) is 5.76. The fourth-order valence-corrected chi connectivity index (χ4v) is 1.72. The second kappa shape index (κ2) is 6.67. The zero-order valence-corrected chi connectivity index (χ0v) is 11.6. The molecule has 0 aliphatic carbocycles. The number of nitro benzene ring substituents is 1. The Labute approximate surface area is 126 Å². The zero-order chi connectivity index (χ0) is 14.7. The predicted molar refractivity (Wildman–Crippen MR) is 81.9 cm³/mol. The van der Waals surface area contributed by atoms with Crippen molar-refractivity contribution in [3.05, 3.63) is 52.1 Å². The van der Waals surface area contributed by atoms with Crippen molar-refractivity contribution in [2.75, 3.05) is 11.1 Å². The molecule has 0 radical (unpaired) electrons. The molecular formula is C13H14ClN3O4. The lowest BCUT2D eigenvalue weighted by atomic mass is 10.1. The summed E-state index contributed by atoms with van der Waals surface area (Å²) in [4.78, 5) is 10.1. The van der Waals surface area contributed by atoms with Crippen LogP contribution in [0.4, 0.5) is 17.1 Å². The molecule has 0 atom stereocenters. The van der Waals surface area contributed by atoms with E-state index >= 15 is 0 Å². The SMILES string of the molecule is Cl.Nc1ccc(O)c(CNc2cc([N+](=O)[O-])ccc2O)c1. The van der Waals surface area contributed by atoms with E-state index in [0.29, 0.717) is 11.3 Å². The van der Waals surface area contributed by atoms with Gasteiger partial charge < -0.3 is 21.3 Å². The number of nitro groups is 1. The summed E-state index contributed by atoms with van der Waals surface area (Å²) in [5, 5.41) is 32.8. The number of anilines is 2. The molecule has 21 heavy (non-hydrogen) atoms. The van der Waals surface area contributed by atoms with E-state index in [1.165, 1.54) is 24.3 Å². The van der Waals surface area contributed by atoms with Crippen LogP contribution in [-0.4, -0.2) is 15.1 Å². The summed E-state index contributed by atoms with van der Waals surface area (Å²) in [7, 11) is 0. The minimum atomic E-state index is -0.553. The Kier molecular flexibility index (Phi) is 5.20. The van der Waals surface area contributed by atoms with Crippen molar-refractivity contribution >= 4 is 29.5 Å². The van der Waals surface area contributed by atoms with Crippen molar-refractivity contribution in [3.63, 3.8) is 0 Å². The van der Waals surface area contributed by atoms with Gasteiger partial charge in [-0.2, -0.15) is 0 Å². The van der Waals surface area contributed by atoms with Gasteiger partial charge in [-0.15, -0.1) is 12.4 Å². The molecule has 2 aromatic rings. The number of benzene rings is 2. The maximum Gasteiger partial charge on any atom is 0.271 e. The third kappa shape index (κ3) is 3.90. The summed E-state index contributed by atoms with van der Waals surface area (Å²) >= 11 is 0. The number of nitrogens with one attached hydrogen (secondary N) is 1. The maximum absolute atomic E-state index is 10.7. The van der Waals surface area contributed by atoms with E-state index in [2.05, 4.69) is 5.32 Å². The highest BCUT2D eigenvalue weighted by Crippen LogP contribution is 2.29. The fraction of sp³-hybridized carbons (Fsp3) is 0.0769. The molecule has 0 saturated carbocycles. The zero-order valence-electron chi connectivity index (χ0n) is 10.8. The Morgan fingerprint density at radius 3 is 2.48 bits per heavy atom. The predicted octanol–water partition coefficient (Wildman–Crippen LogP) is 2.62. The summed E-state index contributed by atoms with van der Waals surface area (Å²) < 4.78 is 0. The average Bonchev–Trinajstić information content (AvgIpc) is 2.41. The molecule has 2 aromatic carbocycles. The van der Waals surface area contributed by atoms with Gasteiger partial charge in [0.25, 0.3) is 5.69 Å². The average molecular weight is 312 g/mol. The number of hydrogen-bond donors (Lipinski definition) is 4. The van der Waals surface area contributed by atoms with Crippen molar-refractivity contribution in [1.29, 1.82) is 0 Å². The highest BCUT2D eigenvalue weighted by molar-refractivity contribution is 5.85. The molecule has 0 bridgehead atoms. The lowest BCUT2D eigenvalue weighted by molar-refractivity contribution is -0.384. The Morgan fingerprint density at radius 1 is 1.14 bits per heavy atom. The molecule has 0 heterocycles. The van der Waals surface area contributed by atoms with Crippen molar-refractivity contribution in [2.24, 2.45) is 0 Å². The van der Waals surface area contributed by atoms with Crippen LogP contribution in [0.15, 0.2) is 36.4 Å². The second-order valence-corrected chi connectivity index (χ2v) is 4.20. The summed E-state index contributed by atoms with van der Waals surface area (Å²) in [6.07, 6.45) is 0. The Bertz CT molecular complexity index is 664. The molecule has 5 N–H and O–H groups in total. The first-order valence-electron chi connectivity index (χ1n) is 5.76. The number of non-ortho nitro benzene ring substituents is 1. The normalized spacial score (nSPS) is 9.71. The minimum absolute atomic E-state index is 0. The number of rotatable bonds is 4. The van der Waals surface area contributed by atoms with Gasteiger partial charge in [-0.05, 0) is 24.3 Å². The van der Waals surface area contributed by atoms with E-state index in [-0.39, 0.29) is 41.8 Å². The van der Waals surface area contributed by atoms with Gasteiger partial charge in [-0.25, -0.2) is 0 Å². The molecule has 0 amide bonds. The van der Waals surface area contributed by atoms with Crippen LogP contribution in [0.5, 0.6) is 11.5 Å². The Morgan fingerprint density at radius 2 is 1.81 bits per heavy atom. The molecule has 0 aromatic heterocycles. The van der Waals surface area contributed by atoms with E-state index in [9.17, 15) is 20.3 Å². The van der Waals surface area contributed by atoms with E-state index in [1.807, 2.05) is 0 Å². The van der Waals surface area contributed by atoms with Gasteiger partial charge in [0.1, 0.15) is 11.5 Å². The van der Waals surface area contributed by atoms with Crippen LogP contribution in [0.2, 0.25) is 0 Å². The van der Waals surface area contributed by atoms with E-state index < -0.39 is 4.92 Å². The molecule has 112 valence electrons. The number of nitrogens with two attached hydrogens (primary N) is 1. The van der Waals surface area contributed by atoms with Gasteiger partial charge in [0.15, 0.2) is 0 Å². The second-order valence-electron chi connectivity index (χ2n) is 4.20. The first kappa shape index (κ1) is 16.4. The van der Waals surface area contributed by atoms with Crippen molar-refractivity contribution in [3.8, 4) is 11.5 Å². The quantitative estimate of drug-likeness (QED) is 0.226. The number of phenolic OH excluding ortho intramolecular Hbond substituents is 2. The molecule has 0 spiro atoms. The number of halogens is 1. The summed E-state index contributed by atoms with van der Waals surface area (Å²) in [5.74, 6) is -0.0596. The van der Waals surface area contributed by atoms with Gasteiger partial charge in [0.05, 0.1) is 10.6 Å². The van der Waals surface area contributed by atoms with Crippen LogP contribution in [0, 0.1) is 10.1 Å². The Balaban J connectivity index is 0.00000220. The van der Waals surface area contributed by atoms with Crippen LogP contribution < -0.4 is 11.1 Å². The summed E-state index contributed by atoms with van der Waals surface area (Å²) in [6, 6.07) is 8.26. The fourth-order valence-electron chi connectivity index (χ4n) is 1.72. The molecule has 7 nitrogen and oxygen atoms in total. The van der Waals surface area contributed by atoms with Crippen molar-refractivity contribution < 1.29 is 15.1 Å². The summed E-state index contributed by atoms with van der Waals surface area (Å²) in [6.45, 7) is 0.172. The van der Waals surface area contributed by atoms with Crippen LogP contribution in [0.25, 0.3) is 0 Å². The van der Waals surface area contributed by atoms with Crippen LogP contribution >= 0.6 is 12.4 Å². The molecule has 8 heteroatoms. The van der Waals surface area contributed by atoms with Crippen molar-refractivity contribution in [1.82, 2.24) is 0 Å². The topological polar surface area (TPSA) is 122 Å². The van der Waals surface area contributed by atoms with Crippen LogP contribution in [0.1, 0.15) is 5.56 Å². The number of nitrogen functional groups attached to an aromatic ring is 1. The Hall–Kier alpha value is -2.67. The highest BCUT2D eigenvalue weighted by Gasteiger charge is 2.10. The number of nitrogens with zero attached hydrogens (tertiary/aromatic N) is 1. The van der Waals surface area contributed by atoms with Gasteiger partial charge in [0.2, 0.25) is 0 Å². The molecule has 0 unspecified atom stereocenters. The molecule has 0 aliphatic rings. The van der Waals surface area contributed by atoms with Crippen molar-refractivity contribution in [2.45, 2.75) is 6.54 Å². The van der Waals surface area contributed by atoms with E-state index in [1.54, 1.807) is 12.1 Å². The smallest absolute Gasteiger partial charge is 0.271 e. The summed E-state index contributed by atoms with van der Waals surface area (Å²) in [5.41, 5.74) is 6.70. The molecule has 0 saturated heterocycles. The van der Waals surface area contributed by atoms with Gasteiger partial charge in [-0.1, -0.05) is 0 Å². The minimum Gasteiger partial charge on any atom is -0.508 e. The lowest BCUT2D eigenvalue weighted by Gasteiger charge is -2.10. The number of hydrogen-bond acceptors (Lipinski definition) is 6. The van der Waals surface area contributed by atoms with Crippen LogP contribution in [0.3, 0.4) is 0 Å². The monoisotopic (exact) mass is 311 g/mol. The lowest BCUT2D eigenvalue weighted by Crippen LogP contribution is -2.01. The molecule has 2 rings (SSSR count). The maximum atomic E-state index is 10.7. The molecular weight excluding hydrogens is 298 g/mol. The third-order valence-electron chi connectivity index (χ3n) is 2.76. The van der Waals surface area contributed by atoms with Gasteiger partial charge in [-0.3, -0.25) is 10.1 Å². The van der Waals surface area contributed by atoms with Gasteiger partial charge >= 0.3 is 0 Å². The molecule has 0 fully saturated rings. The van der Waals surface area contributed by atoms with Crippen LogP contribution in [-0.2, 0) is 6.54 Å². The largest absolute Gasteiger partial charge is 0.508 e. The highest BCUT2D eigenvalue weighted by atomic mass is 35.5. The number of aromatic hydroxyl groups is 2. The van der Waals surface area contributed by atoms with E-state index in [4.69, 9.17) is 5.73 Å². The number of phenols is 2. The third-order valence-corrected chi connectivity index (χ3v) is 2.76. The first-order chi connectivity index (χ1) is 9.47. The van der Waals surface area contributed by atoms with E-state index in [0.717, 1.165) is 0 Å². The standard InChI is InChI=1S/C13H13N3O4.ClH/c14-9-1-3-12(17)8(5-9)7-15-11-6-10(16(19)20)2-4-13(11)18;/h1-6,15,17-18H,7,14H2;1H. The van der Waals surface area contributed by atoms with Gasteiger partial charge in [0, 0.05) is 29.9 Å². The molecule has 0 aliphatic heterocycles.